The first-order valence-corrected chi connectivity index (χ1v) is 14.0. The van der Waals surface area contributed by atoms with Crippen molar-refractivity contribution in [1.82, 2.24) is 16.0 Å². The van der Waals surface area contributed by atoms with E-state index in [0.29, 0.717) is 11.4 Å². The molecule has 3 N–H and O–H groups in total. The van der Waals surface area contributed by atoms with Gasteiger partial charge in [-0.05, 0) is 63.1 Å². The largest absolute Gasteiger partial charge is 0.449 e. The highest BCUT2D eigenvalue weighted by Crippen LogP contribution is 2.29. The minimum Gasteiger partial charge on any atom is -0.449 e. The van der Waals surface area contributed by atoms with E-state index in [1.165, 1.54) is 0 Å². The highest BCUT2D eigenvalue weighted by atomic mass is 35.5. The summed E-state index contributed by atoms with van der Waals surface area (Å²) in [5.74, 6) is -0.919. The van der Waals surface area contributed by atoms with Crippen molar-refractivity contribution in [3.8, 4) is 6.07 Å². The van der Waals surface area contributed by atoms with Crippen molar-refractivity contribution >= 4 is 29.5 Å². The van der Waals surface area contributed by atoms with Crippen LogP contribution in [0.25, 0.3) is 0 Å². The van der Waals surface area contributed by atoms with Gasteiger partial charge in [0.1, 0.15) is 18.7 Å². The molecule has 1 aliphatic heterocycles. The fourth-order valence-corrected chi connectivity index (χ4v) is 5.72. The number of rotatable bonds is 9. The zero-order valence-corrected chi connectivity index (χ0v) is 23.7. The summed E-state index contributed by atoms with van der Waals surface area (Å²) in [5.41, 5.74) is 0.120. The van der Waals surface area contributed by atoms with E-state index >= 15 is 0 Å². The van der Waals surface area contributed by atoms with E-state index in [4.69, 9.17) is 16.3 Å². The highest BCUT2D eigenvalue weighted by Gasteiger charge is 2.39. The van der Waals surface area contributed by atoms with Crippen molar-refractivity contribution < 1.29 is 19.1 Å². The van der Waals surface area contributed by atoms with Crippen LogP contribution in [0.1, 0.15) is 84.6 Å². The van der Waals surface area contributed by atoms with Crippen LogP contribution >= 0.6 is 11.6 Å². The summed E-state index contributed by atoms with van der Waals surface area (Å²) in [6.07, 6.45) is 5.91. The highest BCUT2D eigenvalue weighted by molar-refractivity contribution is 6.30. The molecule has 1 aromatic rings. The number of amides is 3. The molecule has 1 aliphatic carbocycles. The first-order valence-electron chi connectivity index (χ1n) is 13.6. The number of alkyl carbamates (subject to hydrolysis) is 1. The molecular weight excluding hydrogens is 504 g/mol. The normalized spacial score (nSPS) is 21.4. The summed E-state index contributed by atoms with van der Waals surface area (Å²) in [5, 5.41) is 18.9. The van der Waals surface area contributed by atoms with Crippen LogP contribution in [0, 0.1) is 23.2 Å². The zero-order chi connectivity index (χ0) is 27.9. The predicted octanol–water partition coefficient (Wildman–Crippen LogP) is 5.00. The van der Waals surface area contributed by atoms with E-state index < -0.39 is 29.5 Å². The van der Waals surface area contributed by atoms with Gasteiger partial charge in [-0.3, -0.25) is 9.59 Å². The minimum atomic E-state index is -0.833. The number of nitrogens with zero attached hydrogens (tertiary/aromatic N) is 1. The van der Waals surface area contributed by atoms with Crippen LogP contribution in [0.3, 0.4) is 0 Å². The van der Waals surface area contributed by atoms with Crippen molar-refractivity contribution in [2.45, 2.75) is 102 Å². The lowest BCUT2D eigenvalue weighted by Crippen LogP contribution is -2.53. The number of ether oxygens (including phenoxy) is 1. The van der Waals surface area contributed by atoms with Crippen LogP contribution < -0.4 is 16.0 Å². The lowest BCUT2D eigenvalue weighted by Gasteiger charge is -2.29. The SMILES string of the molecule is CC1(C)CC(C[C@@H](C#N)NC(=O)[C@@H](NC(=O)OCC(C)(C)c2cccc(Cl)c2)C2CCCCCC2)C(=O)N1. The summed E-state index contributed by atoms with van der Waals surface area (Å²) >= 11 is 6.14. The average molecular weight is 545 g/mol. The molecule has 9 heteroatoms. The van der Waals surface area contributed by atoms with E-state index in [1.807, 2.05) is 45.9 Å². The van der Waals surface area contributed by atoms with Crippen LogP contribution in [0.2, 0.25) is 5.02 Å². The van der Waals surface area contributed by atoms with Gasteiger partial charge in [-0.25, -0.2) is 4.79 Å². The Bertz CT molecular complexity index is 1040. The molecule has 1 saturated heterocycles. The van der Waals surface area contributed by atoms with Crippen LogP contribution in [0.5, 0.6) is 0 Å². The molecule has 0 radical (unpaired) electrons. The standard InChI is InChI=1S/C29H41ClN4O4/c1-28(2,21-12-9-13-22(30)15-21)18-38-27(37)33-24(19-10-7-5-6-8-11-19)26(36)32-23(17-31)14-20-16-29(3,4)34-25(20)35/h9,12-13,15,19-20,23-24H,5-8,10-11,14,16,18H2,1-4H3,(H,32,36)(H,33,37)(H,34,35)/t20?,23-,24-/m0/s1. The number of benzene rings is 1. The molecule has 0 bridgehead atoms. The third kappa shape index (κ3) is 8.36. The monoisotopic (exact) mass is 544 g/mol. The third-order valence-corrected chi connectivity index (χ3v) is 7.91. The maximum absolute atomic E-state index is 13.5. The van der Waals surface area contributed by atoms with Gasteiger partial charge in [-0.2, -0.15) is 5.26 Å². The molecule has 1 unspecified atom stereocenters. The third-order valence-electron chi connectivity index (χ3n) is 7.68. The number of nitriles is 1. The summed E-state index contributed by atoms with van der Waals surface area (Å²) < 4.78 is 5.59. The van der Waals surface area contributed by atoms with Crippen LogP contribution in [-0.4, -0.2) is 42.1 Å². The Labute approximate surface area is 231 Å². The van der Waals surface area contributed by atoms with Gasteiger partial charge in [-0.15, -0.1) is 0 Å². The van der Waals surface area contributed by atoms with Gasteiger partial charge in [0, 0.05) is 21.9 Å². The second kappa shape index (κ2) is 12.8. The number of halogens is 1. The molecular formula is C29H41ClN4O4. The Hall–Kier alpha value is -2.79. The molecule has 3 atom stereocenters. The maximum Gasteiger partial charge on any atom is 0.407 e. The second-order valence-electron chi connectivity index (χ2n) is 12.0. The molecule has 3 rings (SSSR count). The maximum atomic E-state index is 13.5. The summed E-state index contributed by atoms with van der Waals surface area (Å²) in [6.45, 7) is 7.90. The smallest absolute Gasteiger partial charge is 0.407 e. The molecule has 0 aromatic heterocycles. The van der Waals surface area contributed by atoms with E-state index in [9.17, 15) is 19.6 Å². The second-order valence-corrected chi connectivity index (χ2v) is 12.5. The lowest BCUT2D eigenvalue weighted by molar-refractivity contribution is -0.126. The van der Waals surface area contributed by atoms with Crippen molar-refractivity contribution in [3.63, 3.8) is 0 Å². The number of carbonyl (C=O) groups is 3. The van der Waals surface area contributed by atoms with E-state index in [2.05, 4.69) is 22.0 Å². The van der Waals surface area contributed by atoms with Gasteiger partial charge in [0.2, 0.25) is 11.8 Å². The van der Waals surface area contributed by atoms with Gasteiger partial charge < -0.3 is 20.7 Å². The zero-order valence-electron chi connectivity index (χ0n) is 22.9. The molecule has 208 valence electrons. The Morgan fingerprint density at radius 1 is 1.21 bits per heavy atom. The van der Waals surface area contributed by atoms with Crippen LogP contribution in [0.15, 0.2) is 24.3 Å². The van der Waals surface area contributed by atoms with Crippen molar-refractivity contribution in [3.05, 3.63) is 34.9 Å². The van der Waals surface area contributed by atoms with Gasteiger partial charge >= 0.3 is 6.09 Å². The Morgan fingerprint density at radius 3 is 2.47 bits per heavy atom. The molecule has 38 heavy (non-hydrogen) atoms. The van der Waals surface area contributed by atoms with Crippen LogP contribution in [-0.2, 0) is 19.7 Å². The molecule has 1 heterocycles. The number of hydrogen-bond donors (Lipinski definition) is 3. The van der Waals surface area contributed by atoms with E-state index in [-0.39, 0.29) is 36.3 Å². The van der Waals surface area contributed by atoms with Crippen molar-refractivity contribution in [2.75, 3.05) is 6.61 Å². The van der Waals surface area contributed by atoms with Gasteiger partial charge in [0.05, 0.1) is 6.07 Å². The number of nitrogens with one attached hydrogen (secondary N) is 3. The Morgan fingerprint density at radius 2 is 1.89 bits per heavy atom. The number of carbonyl (C=O) groups excluding carboxylic acids is 3. The topological polar surface area (TPSA) is 120 Å². The van der Waals surface area contributed by atoms with Gasteiger partial charge in [0.15, 0.2) is 0 Å². The Kier molecular flexibility index (Phi) is 10.1. The van der Waals surface area contributed by atoms with Gasteiger partial charge in [-0.1, -0.05) is 63.3 Å². The lowest BCUT2D eigenvalue weighted by atomic mass is 9.86. The number of hydrogen-bond acceptors (Lipinski definition) is 5. The first kappa shape index (κ1) is 29.8. The average Bonchev–Trinajstić information content (AvgIpc) is 3.01. The molecule has 1 aromatic carbocycles. The first-order chi connectivity index (χ1) is 17.9. The van der Waals surface area contributed by atoms with Crippen molar-refractivity contribution in [2.24, 2.45) is 11.8 Å². The van der Waals surface area contributed by atoms with Gasteiger partial charge in [0.25, 0.3) is 0 Å². The van der Waals surface area contributed by atoms with Crippen molar-refractivity contribution in [1.29, 1.82) is 5.26 Å². The Balaban J connectivity index is 1.66. The fourth-order valence-electron chi connectivity index (χ4n) is 5.52. The predicted molar refractivity (Wildman–Crippen MR) is 146 cm³/mol. The van der Waals surface area contributed by atoms with E-state index in [0.717, 1.165) is 44.1 Å². The molecule has 2 aliphatic rings. The minimum absolute atomic E-state index is 0.0564. The van der Waals surface area contributed by atoms with E-state index in [1.54, 1.807) is 6.07 Å². The fraction of sp³-hybridized carbons (Fsp3) is 0.655. The van der Waals surface area contributed by atoms with Crippen LogP contribution in [0.4, 0.5) is 4.79 Å². The summed E-state index contributed by atoms with van der Waals surface area (Å²) in [4.78, 5) is 38.7. The quantitative estimate of drug-likeness (QED) is 0.378. The summed E-state index contributed by atoms with van der Waals surface area (Å²) in [7, 11) is 0. The molecule has 3 amide bonds. The molecule has 2 fully saturated rings. The molecule has 8 nitrogen and oxygen atoms in total. The molecule has 0 spiro atoms. The summed E-state index contributed by atoms with van der Waals surface area (Å²) in [6, 6.07) is 7.90. The molecule has 1 saturated carbocycles.